The lowest BCUT2D eigenvalue weighted by atomic mass is 10.0. The van der Waals surface area contributed by atoms with Crippen LogP contribution in [0.1, 0.15) is 38.5 Å². The Bertz CT molecular complexity index is 190. The average Bonchev–Trinajstić information content (AvgIpc) is 2.54. The van der Waals surface area contributed by atoms with Crippen LogP contribution >= 0.6 is 12.4 Å². The van der Waals surface area contributed by atoms with E-state index in [9.17, 15) is 4.79 Å². The lowest BCUT2D eigenvalue weighted by Gasteiger charge is -2.28. The largest absolute Gasteiger partial charge is 0.303 e. The molecular formula is C11H20ClNO. The first-order chi connectivity index (χ1) is 6.36. The zero-order valence-corrected chi connectivity index (χ0v) is 9.52. The molecule has 2 nitrogen and oxygen atoms in total. The first kappa shape index (κ1) is 12.0. The van der Waals surface area contributed by atoms with Crippen LogP contribution in [0.15, 0.2) is 0 Å². The summed E-state index contributed by atoms with van der Waals surface area (Å²) in [6.07, 6.45) is 7.18. The van der Waals surface area contributed by atoms with Crippen molar-refractivity contribution < 1.29 is 4.79 Å². The molecule has 1 unspecified atom stereocenters. The molecule has 2 aliphatic rings. The van der Waals surface area contributed by atoms with Crippen LogP contribution < -0.4 is 0 Å². The Morgan fingerprint density at radius 2 is 1.86 bits per heavy atom. The molecule has 0 N–H and O–H groups in total. The number of Topliss-reactive ketones (excluding diaryl/α,β-unsaturated/α-hetero) is 1. The highest BCUT2D eigenvalue weighted by molar-refractivity contribution is 5.85. The van der Waals surface area contributed by atoms with Crippen LogP contribution in [-0.2, 0) is 4.79 Å². The van der Waals surface area contributed by atoms with Gasteiger partial charge in [-0.25, -0.2) is 0 Å². The molecule has 0 aromatic heterocycles. The van der Waals surface area contributed by atoms with Gasteiger partial charge < -0.3 is 4.90 Å². The molecule has 1 aliphatic carbocycles. The second-order valence-electron chi connectivity index (χ2n) is 4.42. The van der Waals surface area contributed by atoms with Crippen LogP contribution in [0.25, 0.3) is 0 Å². The van der Waals surface area contributed by atoms with E-state index in [0.717, 1.165) is 25.8 Å². The average molecular weight is 218 g/mol. The van der Waals surface area contributed by atoms with Crippen molar-refractivity contribution in [3.8, 4) is 0 Å². The number of nitrogens with zero attached hydrogens (tertiary/aromatic N) is 1. The molecule has 2 rings (SSSR count). The molecule has 1 saturated heterocycles. The first-order valence-electron chi connectivity index (χ1n) is 5.61. The molecule has 82 valence electrons. The van der Waals surface area contributed by atoms with Crippen LogP contribution in [0.4, 0.5) is 0 Å². The van der Waals surface area contributed by atoms with Crippen LogP contribution in [0.3, 0.4) is 0 Å². The molecule has 0 aromatic carbocycles. The fraction of sp³-hybridized carbons (Fsp3) is 0.909. The summed E-state index contributed by atoms with van der Waals surface area (Å²) in [5.41, 5.74) is 0. The maximum absolute atomic E-state index is 11.4. The Morgan fingerprint density at radius 3 is 2.43 bits per heavy atom. The zero-order chi connectivity index (χ0) is 9.10. The summed E-state index contributed by atoms with van der Waals surface area (Å²) in [4.78, 5) is 13.9. The quantitative estimate of drug-likeness (QED) is 0.708. The fourth-order valence-electron chi connectivity index (χ4n) is 2.53. The number of hydrogen-bond donors (Lipinski definition) is 0. The molecule has 1 saturated carbocycles. The normalized spacial score (nSPS) is 28.9. The van der Waals surface area contributed by atoms with Crippen molar-refractivity contribution in [1.82, 2.24) is 4.90 Å². The van der Waals surface area contributed by atoms with Crippen LogP contribution in [0.5, 0.6) is 0 Å². The molecular weight excluding hydrogens is 198 g/mol. The monoisotopic (exact) mass is 217 g/mol. The summed E-state index contributed by atoms with van der Waals surface area (Å²) in [6.45, 7) is 3.51. The van der Waals surface area contributed by atoms with Gasteiger partial charge in [-0.15, -0.1) is 12.4 Å². The Kier molecular flexibility index (Phi) is 4.90. The predicted molar refractivity (Wildman–Crippen MR) is 59.9 cm³/mol. The maximum Gasteiger partial charge on any atom is 0.137 e. The van der Waals surface area contributed by atoms with E-state index in [4.69, 9.17) is 0 Å². The van der Waals surface area contributed by atoms with E-state index in [1.807, 2.05) is 0 Å². The van der Waals surface area contributed by atoms with E-state index >= 15 is 0 Å². The minimum Gasteiger partial charge on any atom is -0.303 e. The molecule has 1 aliphatic heterocycles. The van der Waals surface area contributed by atoms with Gasteiger partial charge in [-0.1, -0.05) is 6.42 Å². The smallest absolute Gasteiger partial charge is 0.137 e. The van der Waals surface area contributed by atoms with Crippen molar-refractivity contribution in [2.45, 2.75) is 38.5 Å². The van der Waals surface area contributed by atoms with E-state index in [2.05, 4.69) is 4.90 Å². The van der Waals surface area contributed by atoms with E-state index in [1.165, 1.54) is 32.4 Å². The lowest BCUT2D eigenvalue weighted by Crippen LogP contribution is -2.35. The Balaban J connectivity index is 0.000000980. The number of halogens is 1. The SMILES string of the molecule is Cl.O=C1CCCC1CN1CCCCC1. The second-order valence-corrected chi connectivity index (χ2v) is 4.42. The van der Waals surface area contributed by atoms with Gasteiger partial charge in [0, 0.05) is 18.9 Å². The highest BCUT2D eigenvalue weighted by Crippen LogP contribution is 2.23. The lowest BCUT2D eigenvalue weighted by molar-refractivity contribution is -0.121. The van der Waals surface area contributed by atoms with Crippen LogP contribution in [0, 0.1) is 5.92 Å². The number of carbonyl (C=O) groups excluding carboxylic acids is 1. The van der Waals surface area contributed by atoms with Gasteiger partial charge in [0.2, 0.25) is 0 Å². The van der Waals surface area contributed by atoms with Crippen molar-refractivity contribution in [1.29, 1.82) is 0 Å². The standard InChI is InChI=1S/C11H19NO.ClH/c13-11-6-4-5-10(11)9-12-7-2-1-3-8-12;/h10H,1-9H2;1H. The summed E-state index contributed by atoms with van der Waals surface area (Å²) >= 11 is 0. The molecule has 3 heteroatoms. The summed E-state index contributed by atoms with van der Waals surface area (Å²) in [5, 5.41) is 0. The number of piperidine rings is 1. The highest BCUT2D eigenvalue weighted by Gasteiger charge is 2.26. The number of hydrogen-bond acceptors (Lipinski definition) is 2. The minimum atomic E-state index is 0. The number of rotatable bonds is 2. The van der Waals surface area contributed by atoms with Gasteiger partial charge in [0.1, 0.15) is 5.78 Å². The molecule has 1 atom stereocenters. The number of likely N-dealkylation sites (tertiary alicyclic amines) is 1. The van der Waals surface area contributed by atoms with Crippen molar-refractivity contribution in [3.63, 3.8) is 0 Å². The molecule has 1 heterocycles. The van der Waals surface area contributed by atoms with Gasteiger partial charge in [0.05, 0.1) is 0 Å². The van der Waals surface area contributed by atoms with E-state index < -0.39 is 0 Å². The van der Waals surface area contributed by atoms with E-state index in [-0.39, 0.29) is 12.4 Å². The molecule has 14 heavy (non-hydrogen) atoms. The molecule has 0 bridgehead atoms. The van der Waals surface area contributed by atoms with Gasteiger partial charge in [-0.3, -0.25) is 4.79 Å². The summed E-state index contributed by atoms with van der Waals surface area (Å²) in [7, 11) is 0. The van der Waals surface area contributed by atoms with Gasteiger partial charge >= 0.3 is 0 Å². The van der Waals surface area contributed by atoms with Crippen LogP contribution in [-0.4, -0.2) is 30.3 Å². The van der Waals surface area contributed by atoms with Crippen molar-refractivity contribution in [3.05, 3.63) is 0 Å². The molecule has 2 fully saturated rings. The fourth-order valence-corrected chi connectivity index (χ4v) is 2.53. The second kappa shape index (κ2) is 5.72. The molecule has 0 spiro atoms. The van der Waals surface area contributed by atoms with Gasteiger partial charge in [-0.2, -0.15) is 0 Å². The summed E-state index contributed by atoms with van der Waals surface area (Å²) in [5.74, 6) is 0.906. The van der Waals surface area contributed by atoms with Crippen molar-refractivity contribution >= 4 is 18.2 Å². The van der Waals surface area contributed by atoms with E-state index in [1.54, 1.807) is 0 Å². The molecule has 0 radical (unpaired) electrons. The number of carbonyl (C=O) groups is 1. The third-order valence-electron chi connectivity index (χ3n) is 3.36. The number of ketones is 1. The third kappa shape index (κ3) is 2.96. The zero-order valence-electron chi connectivity index (χ0n) is 8.71. The summed E-state index contributed by atoms with van der Waals surface area (Å²) in [6, 6.07) is 0. The summed E-state index contributed by atoms with van der Waals surface area (Å²) < 4.78 is 0. The third-order valence-corrected chi connectivity index (χ3v) is 3.36. The van der Waals surface area contributed by atoms with Gasteiger partial charge in [0.15, 0.2) is 0 Å². The molecule has 0 amide bonds. The Hall–Kier alpha value is -0.0800. The topological polar surface area (TPSA) is 20.3 Å². The van der Waals surface area contributed by atoms with Gasteiger partial charge in [0.25, 0.3) is 0 Å². The first-order valence-corrected chi connectivity index (χ1v) is 5.61. The van der Waals surface area contributed by atoms with Gasteiger partial charge in [-0.05, 0) is 38.8 Å². The highest BCUT2D eigenvalue weighted by atomic mass is 35.5. The Morgan fingerprint density at radius 1 is 1.14 bits per heavy atom. The Labute approximate surface area is 92.5 Å². The maximum atomic E-state index is 11.4. The predicted octanol–water partition coefficient (Wildman–Crippen LogP) is 2.26. The van der Waals surface area contributed by atoms with Crippen molar-refractivity contribution in [2.75, 3.05) is 19.6 Å². The molecule has 0 aromatic rings. The van der Waals surface area contributed by atoms with Crippen LogP contribution in [0.2, 0.25) is 0 Å². The van der Waals surface area contributed by atoms with E-state index in [0.29, 0.717) is 11.7 Å². The van der Waals surface area contributed by atoms with Crippen molar-refractivity contribution in [2.24, 2.45) is 5.92 Å². The minimum absolute atomic E-state index is 0.